The lowest BCUT2D eigenvalue weighted by molar-refractivity contribution is 0.359. The van der Waals surface area contributed by atoms with Crippen molar-refractivity contribution in [2.75, 3.05) is 6.61 Å². The van der Waals surface area contributed by atoms with Crippen molar-refractivity contribution in [1.29, 1.82) is 0 Å². The van der Waals surface area contributed by atoms with E-state index in [-0.39, 0.29) is 0 Å². The fourth-order valence-electron chi connectivity index (χ4n) is 2.77. The molecule has 0 aromatic heterocycles. The lowest BCUT2D eigenvalue weighted by Crippen LogP contribution is -2.39. The molecule has 0 saturated heterocycles. The van der Waals surface area contributed by atoms with Gasteiger partial charge in [-0.25, -0.2) is 4.99 Å². The van der Waals surface area contributed by atoms with E-state index in [0.717, 1.165) is 11.3 Å². The number of ether oxygens (including phenoxy) is 1. The van der Waals surface area contributed by atoms with E-state index < -0.39 is 0 Å². The van der Waals surface area contributed by atoms with Crippen LogP contribution < -0.4 is 15.8 Å². The lowest BCUT2D eigenvalue weighted by atomic mass is 10.1. The average Bonchev–Trinajstić information content (AvgIpc) is 2.80. The number of aliphatic imine (C=N–C) groups is 1. The fourth-order valence-corrected chi connectivity index (χ4v) is 2.77. The summed E-state index contributed by atoms with van der Waals surface area (Å²) in [6, 6.07) is 8.38. The monoisotopic (exact) mass is 301 g/mol. The van der Waals surface area contributed by atoms with Crippen LogP contribution in [0.4, 0.5) is 0 Å². The first-order valence-electron chi connectivity index (χ1n) is 8.17. The number of guanidine groups is 1. The molecular formula is C18H27N3O. The van der Waals surface area contributed by atoms with Crippen LogP contribution in [-0.4, -0.2) is 18.6 Å². The number of hydrogen-bond acceptors (Lipinski definition) is 2. The third-order valence-corrected chi connectivity index (χ3v) is 3.96. The standard InChI is InChI=1S/C18H27N3O/c1-2-13-22-17-12-8-7-9-15(17)14-20-18(19)21-16-10-5-3-4-6-11-16/h2,7-9,12,16H,1,3-6,10-11,13-14H2,(H3,19,20,21). The van der Waals surface area contributed by atoms with E-state index in [1.165, 1.54) is 38.5 Å². The predicted octanol–water partition coefficient (Wildman–Crippen LogP) is 3.38. The summed E-state index contributed by atoms with van der Waals surface area (Å²) < 4.78 is 5.64. The quantitative estimate of drug-likeness (QED) is 0.366. The van der Waals surface area contributed by atoms with Crippen LogP contribution in [0.1, 0.15) is 44.1 Å². The second-order valence-corrected chi connectivity index (χ2v) is 5.74. The molecule has 0 atom stereocenters. The van der Waals surface area contributed by atoms with Crippen LogP contribution in [0.5, 0.6) is 5.75 Å². The summed E-state index contributed by atoms with van der Waals surface area (Å²) in [6.45, 7) is 4.69. The minimum absolute atomic E-state index is 0.471. The molecule has 0 heterocycles. The zero-order valence-electron chi connectivity index (χ0n) is 13.3. The minimum Gasteiger partial charge on any atom is -0.489 e. The van der Waals surface area contributed by atoms with Gasteiger partial charge in [-0.1, -0.05) is 56.5 Å². The van der Waals surface area contributed by atoms with Crippen LogP contribution in [0.2, 0.25) is 0 Å². The first-order chi connectivity index (χ1) is 10.8. The van der Waals surface area contributed by atoms with Crippen molar-refractivity contribution < 1.29 is 4.74 Å². The Morgan fingerprint density at radius 2 is 2.00 bits per heavy atom. The molecule has 1 saturated carbocycles. The SMILES string of the molecule is C=CCOc1ccccc1CN=C(N)NC1CCCCCC1. The van der Waals surface area contributed by atoms with Crippen molar-refractivity contribution in [1.82, 2.24) is 5.32 Å². The van der Waals surface area contributed by atoms with Gasteiger partial charge in [0.05, 0.1) is 6.54 Å². The van der Waals surface area contributed by atoms with Gasteiger partial charge in [0.25, 0.3) is 0 Å². The molecule has 120 valence electrons. The molecule has 1 aliphatic carbocycles. The normalized spacial score (nSPS) is 16.8. The molecule has 1 fully saturated rings. The van der Waals surface area contributed by atoms with E-state index in [1.54, 1.807) is 6.08 Å². The molecule has 0 bridgehead atoms. The molecule has 3 N–H and O–H groups in total. The molecule has 22 heavy (non-hydrogen) atoms. The summed E-state index contributed by atoms with van der Waals surface area (Å²) in [4.78, 5) is 4.47. The van der Waals surface area contributed by atoms with E-state index in [4.69, 9.17) is 10.5 Å². The summed E-state index contributed by atoms with van der Waals surface area (Å²) in [5, 5.41) is 3.36. The minimum atomic E-state index is 0.471. The van der Waals surface area contributed by atoms with Crippen molar-refractivity contribution in [3.8, 4) is 5.75 Å². The summed E-state index contributed by atoms with van der Waals surface area (Å²) in [6.07, 6.45) is 9.35. The highest BCUT2D eigenvalue weighted by Gasteiger charge is 2.12. The van der Waals surface area contributed by atoms with Crippen LogP contribution in [0.25, 0.3) is 0 Å². The first kappa shape index (κ1) is 16.4. The summed E-state index contributed by atoms with van der Waals surface area (Å²) in [5.74, 6) is 1.37. The Labute approximate surface area is 133 Å². The van der Waals surface area contributed by atoms with Gasteiger partial charge in [0.2, 0.25) is 0 Å². The number of nitrogens with two attached hydrogens (primary N) is 1. The van der Waals surface area contributed by atoms with Gasteiger partial charge in [-0.15, -0.1) is 0 Å². The van der Waals surface area contributed by atoms with E-state index in [1.807, 2.05) is 24.3 Å². The zero-order chi connectivity index (χ0) is 15.6. The number of para-hydroxylation sites is 1. The maximum Gasteiger partial charge on any atom is 0.189 e. The number of rotatable bonds is 6. The molecule has 0 radical (unpaired) electrons. The van der Waals surface area contributed by atoms with Gasteiger partial charge in [-0.05, 0) is 18.9 Å². The van der Waals surface area contributed by atoms with Gasteiger partial charge in [0.1, 0.15) is 12.4 Å². The van der Waals surface area contributed by atoms with E-state index in [0.29, 0.717) is 25.2 Å². The number of nitrogens with one attached hydrogen (secondary N) is 1. The Morgan fingerprint density at radius 1 is 1.27 bits per heavy atom. The molecule has 0 unspecified atom stereocenters. The van der Waals surface area contributed by atoms with E-state index in [2.05, 4.69) is 16.9 Å². The summed E-state index contributed by atoms with van der Waals surface area (Å²) >= 11 is 0. The van der Waals surface area contributed by atoms with E-state index in [9.17, 15) is 0 Å². The summed E-state index contributed by atoms with van der Waals surface area (Å²) in [5.41, 5.74) is 7.07. The lowest BCUT2D eigenvalue weighted by Gasteiger charge is -2.16. The zero-order valence-corrected chi connectivity index (χ0v) is 13.3. The second-order valence-electron chi connectivity index (χ2n) is 5.74. The van der Waals surface area contributed by atoms with Gasteiger partial charge >= 0.3 is 0 Å². The van der Waals surface area contributed by atoms with Crippen LogP contribution >= 0.6 is 0 Å². The van der Waals surface area contributed by atoms with Gasteiger partial charge < -0.3 is 15.8 Å². The Bertz CT molecular complexity index is 491. The van der Waals surface area contributed by atoms with Crippen molar-refractivity contribution in [3.05, 3.63) is 42.5 Å². The third-order valence-electron chi connectivity index (χ3n) is 3.96. The Morgan fingerprint density at radius 3 is 2.73 bits per heavy atom. The van der Waals surface area contributed by atoms with Gasteiger partial charge in [0.15, 0.2) is 5.96 Å². The topological polar surface area (TPSA) is 59.6 Å². The van der Waals surface area contributed by atoms with Gasteiger partial charge in [-0.3, -0.25) is 0 Å². The van der Waals surface area contributed by atoms with Gasteiger partial charge in [0, 0.05) is 11.6 Å². The highest BCUT2D eigenvalue weighted by molar-refractivity contribution is 5.78. The van der Waals surface area contributed by atoms with Crippen LogP contribution in [0.3, 0.4) is 0 Å². The maximum absolute atomic E-state index is 6.04. The van der Waals surface area contributed by atoms with Crippen LogP contribution in [0.15, 0.2) is 41.9 Å². The largest absolute Gasteiger partial charge is 0.489 e. The van der Waals surface area contributed by atoms with Crippen molar-refractivity contribution in [3.63, 3.8) is 0 Å². The number of benzene rings is 1. The Balaban J connectivity index is 1.90. The fraction of sp³-hybridized carbons (Fsp3) is 0.500. The van der Waals surface area contributed by atoms with Crippen LogP contribution in [0, 0.1) is 0 Å². The Kier molecular flexibility index (Phi) is 6.81. The van der Waals surface area contributed by atoms with Crippen LogP contribution in [-0.2, 0) is 6.54 Å². The highest BCUT2D eigenvalue weighted by atomic mass is 16.5. The number of hydrogen-bond donors (Lipinski definition) is 2. The Hall–Kier alpha value is -1.97. The maximum atomic E-state index is 6.04. The van der Waals surface area contributed by atoms with Gasteiger partial charge in [-0.2, -0.15) is 0 Å². The molecule has 0 aliphatic heterocycles. The molecule has 4 heteroatoms. The first-order valence-corrected chi connectivity index (χ1v) is 8.17. The molecule has 0 spiro atoms. The van der Waals surface area contributed by atoms with Crippen molar-refractivity contribution in [2.24, 2.45) is 10.7 Å². The van der Waals surface area contributed by atoms with Crippen molar-refractivity contribution in [2.45, 2.75) is 51.1 Å². The molecule has 1 aromatic rings. The predicted molar refractivity (Wildman–Crippen MR) is 92.1 cm³/mol. The molecule has 1 aliphatic rings. The molecule has 4 nitrogen and oxygen atoms in total. The molecule has 0 amide bonds. The number of nitrogens with zero attached hydrogens (tertiary/aromatic N) is 1. The summed E-state index contributed by atoms with van der Waals surface area (Å²) in [7, 11) is 0. The third kappa shape index (κ3) is 5.43. The second kappa shape index (κ2) is 9.13. The van der Waals surface area contributed by atoms with Crippen molar-refractivity contribution >= 4 is 5.96 Å². The average molecular weight is 301 g/mol. The molecular weight excluding hydrogens is 274 g/mol. The highest BCUT2D eigenvalue weighted by Crippen LogP contribution is 2.19. The molecule has 2 rings (SSSR count). The smallest absolute Gasteiger partial charge is 0.189 e. The van der Waals surface area contributed by atoms with E-state index >= 15 is 0 Å². The molecule has 1 aromatic carbocycles.